The number of carbonyl (C=O) groups is 1. The number of rotatable bonds is 4. The van der Waals surface area contributed by atoms with Crippen LogP contribution in [0.2, 0.25) is 5.02 Å². The summed E-state index contributed by atoms with van der Waals surface area (Å²) in [5, 5.41) is 0.751. The minimum Gasteiger partial charge on any atom is -0.497 e. The topological polar surface area (TPSA) is 32.8 Å². The smallest absolute Gasteiger partial charge is 0.226 e. The lowest BCUT2D eigenvalue weighted by Crippen LogP contribution is -2.49. The summed E-state index contributed by atoms with van der Waals surface area (Å²) in [6.07, 6.45) is 0.958. The Kier molecular flexibility index (Phi) is 4.77. The van der Waals surface area contributed by atoms with Crippen LogP contribution in [0, 0.1) is 5.92 Å². The van der Waals surface area contributed by atoms with Crippen LogP contribution < -0.4 is 9.64 Å². The van der Waals surface area contributed by atoms with Gasteiger partial charge in [-0.3, -0.25) is 4.79 Å². The molecule has 1 heterocycles. The molecule has 0 radical (unpaired) electrons. The van der Waals surface area contributed by atoms with Crippen molar-refractivity contribution in [2.24, 2.45) is 5.92 Å². The first-order valence-electron chi connectivity index (χ1n) is 9.09. The summed E-state index contributed by atoms with van der Waals surface area (Å²) in [6, 6.07) is 16.0. The lowest BCUT2D eigenvalue weighted by molar-refractivity contribution is -0.132. The molecule has 26 heavy (non-hydrogen) atoms. The van der Waals surface area contributed by atoms with E-state index < -0.39 is 0 Å². The van der Waals surface area contributed by atoms with Crippen LogP contribution in [0.3, 0.4) is 0 Å². The van der Waals surface area contributed by atoms with Crippen molar-refractivity contribution in [1.29, 1.82) is 0 Å². The first-order chi connectivity index (χ1) is 12.7. The second-order valence-corrected chi connectivity index (χ2v) is 7.45. The Bertz CT molecular complexity index is 785. The highest BCUT2D eigenvalue weighted by atomic mass is 35.5. The van der Waals surface area contributed by atoms with Crippen LogP contribution in [0.5, 0.6) is 5.75 Å². The van der Waals surface area contributed by atoms with E-state index in [-0.39, 0.29) is 5.92 Å². The average Bonchev–Trinajstić information content (AvgIpc) is 3.48. The Balaban J connectivity index is 1.33. The van der Waals surface area contributed by atoms with Crippen LogP contribution in [0.15, 0.2) is 48.5 Å². The van der Waals surface area contributed by atoms with Crippen LogP contribution in [-0.4, -0.2) is 44.1 Å². The van der Waals surface area contributed by atoms with Crippen molar-refractivity contribution in [2.45, 2.75) is 12.3 Å². The number of hydrogen-bond donors (Lipinski definition) is 0. The molecule has 1 amide bonds. The third-order valence-corrected chi connectivity index (χ3v) is 5.65. The number of benzene rings is 2. The summed E-state index contributed by atoms with van der Waals surface area (Å²) in [6.45, 7) is 3.26. The fourth-order valence-corrected chi connectivity index (χ4v) is 3.96. The van der Waals surface area contributed by atoms with E-state index in [0.717, 1.165) is 49.1 Å². The molecule has 0 aromatic heterocycles. The molecule has 2 unspecified atom stereocenters. The van der Waals surface area contributed by atoms with Crippen molar-refractivity contribution in [3.8, 4) is 5.75 Å². The van der Waals surface area contributed by atoms with E-state index in [4.69, 9.17) is 16.3 Å². The van der Waals surface area contributed by atoms with Crippen LogP contribution in [0.25, 0.3) is 0 Å². The Morgan fingerprint density at radius 2 is 1.81 bits per heavy atom. The van der Waals surface area contributed by atoms with Gasteiger partial charge in [-0.2, -0.15) is 0 Å². The zero-order valence-corrected chi connectivity index (χ0v) is 15.7. The van der Waals surface area contributed by atoms with Gasteiger partial charge in [0.15, 0.2) is 0 Å². The number of hydrogen-bond acceptors (Lipinski definition) is 3. The van der Waals surface area contributed by atoms with Crippen molar-refractivity contribution >= 4 is 23.2 Å². The normalized spacial score (nSPS) is 22.2. The average molecular weight is 371 g/mol. The van der Waals surface area contributed by atoms with Gasteiger partial charge in [0, 0.05) is 42.8 Å². The van der Waals surface area contributed by atoms with Gasteiger partial charge < -0.3 is 14.5 Å². The zero-order chi connectivity index (χ0) is 18.1. The molecule has 0 spiro atoms. The third-order valence-electron chi connectivity index (χ3n) is 5.42. The van der Waals surface area contributed by atoms with Crippen LogP contribution in [-0.2, 0) is 4.79 Å². The quantitative estimate of drug-likeness (QED) is 0.820. The van der Waals surface area contributed by atoms with Gasteiger partial charge >= 0.3 is 0 Å². The van der Waals surface area contributed by atoms with E-state index in [1.54, 1.807) is 7.11 Å². The SMILES string of the molecule is COc1ccc(C2CC2C(=O)N2CCN(c3cccc(Cl)c3)CC2)cc1. The van der Waals surface area contributed by atoms with E-state index in [9.17, 15) is 4.79 Å². The molecule has 1 saturated heterocycles. The predicted octanol–water partition coefficient (Wildman–Crippen LogP) is 3.80. The Hall–Kier alpha value is -2.20. The molecule has 2 aromatic rings. The highest BCUT2D eigenvalue weighted by Gasteiger charge is 2.46. The van der Waals surface area contributed by atoms with Gasteiger partial charge in [0.2, 0.25) is 5.91 Å². The molecule has 1 saturated carbocycles. The number of nitrogens with zero attached hydrogens (tertiary/aromatic N) is 2. The Morgan fingerprint density at radius 3 is 2.46 bits per heavy atom. The molecule has 2 atom stereocenters. The number of anilines is 1. The van der Waals surface area contributed by atoms with Crippen molar-refractivity contribution in [3.63, 3.8) is 0 Å². The minimum atomic E-state index is 0.140. The lowest BCUT2D eigenvalue weighted by atomic mass is 10.1. The van der Waals surface area contributed by atoms with Crippen LogP contribution in [0.1, 0.15) is 17.9 Å². The van der Waals surface area contributed by atoms with Crippen molar-refractivity contribution in [3.05, 3.63) is 59.1 Å². The highest BCUT2D eigenvalue weighted by molar-refractivity contribution is 6.30. The van der Waals surface area contributed by atoms with Gasteiger partial charge in [-0.05, 0) is 48.2 Å². The van der Waals surface area contributed by atoms with Gasteiger partial charge in [0.05, 0.1) is 7.11 Å². The molecule has 5 heteroatoms. The monoisotopic (exact) mass is 370 g/mol. The van der Waals surface area contributed by atoms with Crippen LogP contribution >= 0.6 is 11.6 Å². The molecule has 0 N–H and O–H groups in total. The van der Waals surface area contributed by atoms with Gasteiger partial charge in [-0.25, -0.2) is 0 Å². The molecule has 2 fully saturated rings. The second-order valence-electron chi connectivity index (χ2n) is 7.01. The van der Waals surface area contributed by atoms with Gasteiger partial charge in [0.1, 0.15) is 5.75 Å². The summed E-state index contributed by atoms with van der Waals surface area (Å²) < 4.78 is 5.20. The van der Waals surface area contributed by atoms with Gasteiger partial charge in [-0.1, -0.05) is 29.8 Å². The van der Waals surface area contributed by atoms with Gasteiger partial charge in [-0.15, -0.1) is 0 Å². The minimum absolute atomic E-state index is 0.140. The maximum absolute atomic E-state index is 12.8. The fraction of sp³-hybridized carbons (Fsp3) is 0.381. The predicted molar refractivity (Wildman–Crippen MR) is 104 cm³/mol. The Morgan fingerprint density at radius 1 is 1.08 bits per heavy atom. The number of methoxy groups -OCH3 is 1. The lowest BCUT2D eigenvalue weighted by Gasteiger charge is -2.36. The van der Waals surface area contributed by atoms with E-state index >= 15 is 0 Å². The molecular weight excluding hydrogens is 348 g/mol. The third kappa shape index (κ3) is 3.51. The second kappa shape index (κ2) is 7.20. The van der Waals surface area contributed by atoms with E-state index in [1.165, 1.54) is 5.56 Å². The van der Waals surface area contributed by atoms with Crippen molar-refractivity contribution in [2.75, 3.05) is 38.2 Å². The molecular formula is C21H23ClN2O2. The molecule has 2 aromatic carbocycles. The summed E-state index contributed by atoms with van der Waals surface area (Å²) in [5.74, 6) is 1.66. The summed E-state index contributed by atoms with van der Waals surface area (Å²) in [4.78, 5) is 17.1. The molecule has 4 rings (SSSR count). The largest absolute Gasteiger partial charge is 0.497 e. The van der Waals surface area contributed by atoms with E-state index in [0.29, 0.717) is 11.8 Å². The van der Waals surface area contributed by atoms with Crippen molar-refractivity contribution < 1.29 is 9.53 Å². The number of carbonyl (C=O) groups excluding carboxylic acids is 1. The first-order valence-corrected chi connectivity index (χ1v) is 9.47. The molecule has 0 bridgehead atoms. The highest BCUT2D eigenvalue weighted by Crippen LogP contribution is 2.48. The maximum atomic E-state index is 12.8. The number of piperazine rings is 1. The zero-order valence-electron chi connectivity index (χ0n) is 14.9. The van der Waals surface area contributed by atoms with Gasteiger partial charge in [0.25, 0.3) is 0 Å². The fourth-order valence-electron chi connectivity index (χ4n) is 3.78. The summed E-state index contributed by atoms with van der Waals surface area (Å²) >= 11 is 6.09. The summed E-state index contributed by atoms with van der Waals surface area (Å²) in [7, 11) is 1.67. The molecule has 1 aliphatic carbocycles. The van der Waals surface area contributed by atoms with Crippen molar-refractivity contribution in [1.82, 2.24) is 4.90 Å². The van der Waals surface area contributed by atoms with E-state index in [1.807, 2.05) is 35.2 Å². The standard InChI is InChI=1S/C21H23ClN2O2/c1-26-18-7-5-15(6-8-18)19-14-20(19)21(25)24-11-9-23(10-12-24)17-4-2-3-16(22)13-17/h2-8,13,19-20H,9-12,14H2,1H3. The maximum Gasteiger partial charge on any atom is 0.226 e. The number of ether oxygens (including phenoxy) is 1. The molecule has 2 aliphatic rings. The number of halogens is 1. The molecule has 4 nitrogen and oxygen atoms in total. The summed E-state index contributed by atoms with van der Waals surface area (Å²) in [5.41, 5.74) is 2.37. The Labute approximate surface area is 159 Å². The van der Waals surface area contributed by atoms with Crippen LogP contribution in [0.4, 0.5) is 5.69 Å². The molecule has 136 valence electrons. The van der Waals surface area contributed by atoms with E-state index in [2.05, 4.69) is 23.1 Å². The molecule has 1 aliphatic heterocycles. The number of amides is 1. The first kappa shape index (κ1) is 17.2.